The minimum Gasteiger partial charge on any atom is -0.496 e. The lowest BCUT2D eigenvalue weighted by Gasteiger charge is -2.37. The lowest BCUT2D eigenvalue weighted by molar-refractivity contribution is -0.144. The number of allylic oxidation sites excluding steroid dienone is 3. The Hall–Kier alpha value is -3.26. The lowest BCUT2D eigenvalue weighted by atomic mass is 9.72. The van der Waals surface area contributed by atoms with E-state index in [0.29, 0.717) is 52.5 Å². The normalized spacial score (nSPS) is 22.0. The van der Waals surface area contributed by atoms with E-state index in [2.05, 4.69) is 11.4 Å². The van der Waals surface area contributed by atoms with Crippen molar-refractivity contribution in [3.63, 3.8) is 0 Å². The Balaban J connectivity index is 1.64. The van der Waals surface area contributed by atoms with E-state index in [0.717, 1.165) is 31.4 Å². The molecule has 2 aliphatic carbocycles. The highest BCUT2D eigenvalue weighted by Crippen LogP contribution is 2.50. The molecule has 8 heteroatoms. The molecule has 5 rings (SSSR count). The third kappa shape index (κ3) is 4.75. The molecule has 1 aromatic heterocycles. The number of esters is 1. The van der Waals surface area contributed by atoms with Crippen molar-refractivity contribution in [3.05, 3.63) is 62.6 Å². The van der Waals surface area contributed by atoms with Crippen LogP contribution in [0, 0.1) is 0 Å². The highest BCUT2D eigenvalue weighted by atomic mass is 32.1. The van der Waals surface area contributed by atoms with Gasteiger partial charge in [0.15, 0.2) is 17.3 Å². The maximum atomic E-state index is 13.8. The quantitative estimate of drug-likeness (QED) is 0.472. The predicted molar refractivity (Wildman–Crippen MR) is 141 cm³/mol. The number of Topliss-reactive ketones (excluding diaryl/α,β-unsaturated/α-hetero) is 1. The zero-order valence-electron chi connectivity index (χ0n) is 21.7. The second-order valence-corrected chi connectivity index (χ2v) is 10.8. The van der Waals surface area contributed by atoms with Gasteiger partial charge >= 0.3 is 5.97 Å². The van der Waals surface area contributed by atoms with Gasteiger partial charge in [-0.1, -0.05) is 6.07 Å². The van der Waals surface area contributed by atoms with E-state index in [4.69, 9.17) is 18.9 Å². The zero-order chi connectivity index (χ0) is 26.1. The van der Waals surface area contributed by atoms with Crippen LogP contribution in [0.2, 0.25) is 0 Å². The molecule has 2 aromatic rings. The SMILES string of the molecule is COc1cc(OC)c(C2C(C(=O)OC3CCCC3)=C(C)NC3=C2C(=O)CC(c2cccs2)C3)cc1OC. The molecule has 1 aliphatic heterocycles. The standard InChI is InChI=1S/C29H33NO6S/c1-16-26(29(32)36-18-8-5-6-9-18)27(19-14-23(34-3)24(35-4)15-22(19)33-2)28-20(30-16)12-17(13-21(28)31)25-10-7-11-37-25/h7,10-11,14-15,17-18,27,30H,5-6,8-9,12-13H2,1-4H3. The van der Waals surface area contributed by atoms with Crippen molar-refractivity contribution in [1.29, 1.82) is 0 Å². The molecule has 2 unspecified atom stereocenters. The van der Waals surface area contributed by atoms with Crippen molar-refractivity contribution in [2.75, 3.05) is 21.3 Å². The van der Waals surface area contributed by atoms with E-state index in [-0.39, 0.29) is 17.8 Å². The van der Waals surface area contributed by atoms with Crippen LogP contribution in [0.4, 0.5) is 0 Å². The van der Waals surface area contributed by atoms with Crippen molar-refractivity contribution in [3.8, 4) is 17.2 Å². The number of ketones is 1. The van der Waals surface area contributed by atoms with Crippen LogP contribution in [0.3, 0.4) is 0 Å². The molecule has 0 bridgehead atoms. The van der Waals surface area contributed by atoms with Crippen LogP contribution >= 0.6 is 11.3 Å². The van der Waals surface area contributed by atoms with Crippen molar-refractivity contribution >= 4 is 23.1 Å². The summed E-state index contributed by atoms with van der Waals surface area (Å²) < 4.78 is 22.8. The number of dihydropyridines is 1. The Kier molecular flexibility index (Phi) is 7.29. The van der Waals surface area contributed by atoms with Crippen LogP contribution in [-0.2, 0) is 14.3 Å². The van der Waals surface area contributed by atoms with Crippen molar-refractivity contribution in [2.24, 2.45) is 0 Å². The van der Waals surface area contributed by atoms with E-state index in [1.54, 1.807) is 38.7 Å². The first-order valence-electron chi connectivity index (χ1n) is 12.7. The fourth-order valence-corrected chi connectivity index (χ4v) is 6.68. The molecule has 0 radical (unpaired) electrons. The van der Waals surface area contributed by atoms with Gasteiger partial charge in [0.2, 0.25) is 0 Å². The third-order valence-electron chi connectivity index (χ3n) is 7.62. The van der Waals surface area contributed by atoms with Crippen LogP contribution in [0.15, 0.2) is 52.2 Å². The van der Waals surface area contributed by atoms with Gasteiger partial charge in [0.05, 0.1) is 32.8 Å². The Morgan fingerprint density at radius 1 is 1.00 bits per heavy atom. The summed E-state index contributed by atoms with van der Waals surface area (Å²) in [5.74, 6) is 0.618. The second-order valence-electron chi connectivity index (χ2n) is 9.79. The van der Waals surface area contributed by atoms with Gasteiger partial charge in [0.1, 0.15) is 11.9 Å². The molecule has 1 saturated carbocycles. The molecule has 7 nitrogen and oxygen atoms in total. The lowest BCUT2D eigenvalue weighted by Crippen LogP contribution is -2.36. The smallest absolute Gasteiger partial charge is 0.337 e. The van der Waals surface area contributed by atoms with E-state index in [1.165, 1.54) is 4.88 Å². The monoisotopic (exact) mass is 523 g/mol. The summed E-state index contributed by atoms with van der Waals surface area (Å²) in [5.41, 5.74) is 3.27. The summed E-state index contributed by atoms with van der Waals surface area (Å²) in [6, 6.07) is 7.65. The van der Waals surface area contributed by atoms with Crippen LogP contribution in [0.5, 0.6) is 17.2 Å². The number of thiophene rings is 1. The molecular formula is C29H33NO6S. The van der Waals surface area contributed by atoms with Gasteiger partial charge in [-0.15, -0.1) is 11.3 Å². The predicted octanol–water partition coefficient (Wildman–Crippen LogP) is 5.62. The highest BCUT2D eigenvalue weighted by molar-refractivity contribution is 7.10. The summed E-state index contributed by atoms with van der Waals surface area (Å²) in [6.07, 6.45) is 4.82. The molecule has 1 N–H and O–H groups in total. The third-order valence-corrected chi connectivity index (χ3v) is 8.65. The molecule has 2 heterocycles. The van der Waals surface area contributed by atoms with E-state index in [1.807, 2.05) is 24.4 Å². The number of nitrogens with one attached hydrogen (secondary N) is 1. The van der Waals surface area contributed by atoms with Crippen molar-refractivity contribution in [1.82, 2.24) is 5.32 Å². The highest BCUT2D eigenvalue weighted by Gasteiger charge is 2.43. The van der Waals surface area contributed by atoms with Crippen LogP contribution in [-0.4, -0.2) is 39.2 Å². The molecule has 196 valence electrons. The summed E-state index contributed by atoms with van der Waals surface area (Å²) in [7, 11) is 4.70. The molecule has 1 aromatic carbocycles. The number of hydrogen-bond donors (Lipinski definition) is 1. The Morgan fingerprint density at radius 2 is 1.70 bits per heavy atom. The minimum absolute atomic E-state index is 0.0210. The van der Waals surface area contributed by atoms with Crippen LogP contribution in [0.25, 0.3) is 0 Å². The zero-order valence-corrected chi connectivity index (χ0v) is 22.5. The average Bonchev–Trinajstić information content (AvgIpc) is 3.61. The van der Waals surface area contributed by atoms with Gasteiger partial charge in [0, 0.05) is 45.8 Å². The van der Waals surface area contributed by atoms with Crippen LogP contribution < -0.4 is 19.5 Å². The largest absolute Gasteiger partial charge is 0.496 e. The van der Waals surface area contributed by atoms with E-state index < -0.39 is 11.9 Å². The number of carbonyl (C=O) groups is 2. The van der Waals surface area contributed by atoms with Gasteiger partial charge in [-0.3, -0.25) is 4.79 Å². The number of methoxy groups -OCH3 is 3. The molecule has 0 amide bonds. The first-order valence-corrected chi connectivity index (χ1v) is 13.6. The molecular weight excluding hydrogens is 490 g/mol. The number of hydrogen-bond acceptors (Lipinski definition) is 8. The molecule has 1 fully saturated rings. The summed E-state index contributed by atoms with van der Waals surface area (Å²) in [4.78, 5) is 28.7. The number of benzene rings is 1. The maximum absolute atomic E-state index is 13.8. The first-order chi connectivity index (χ1) is 17.9. The molecule has 2 atom stereocenters. The van der Waals surface area contributed by atoms with Crippen LogP contribution in [0.1, 0.15) is 67.7 Å². The summed E-state index contributed by atoms with van der Waals surface area (Å²) in [6.45, 7) is 1.88. The van der Waals surface area contributed by atoms with Gasteiger partial charge in [-0.05, 0) is 56.5 Å². The molecule has 0 saturated heterocycles. The maximum Gasteiger partial charge on any atom is 0.337 e. The minimum atomic E-state index is -0.642. The van der Waals surface area contributed by atoms with Gasteiger partial charge in [-0.25, -0.2) is 4.79 Å². The van der Waals surface area contributed by atoms with Gasteiger partial charge in [0.25, 0.3) is 0 Å². The van der Waals surface area contributed by atoms with Gasteiger partial charge in [-0.2, -0.15) is 0 Å². The van der Waals surface area contributed by atoms with E-state index >= 15 is 0 Å². The number of ether oxygens (including phenoxy) is 4. The Labute approximate surface area is 221 Å². The first kappa shape index (κ1) is 25.4. The topological polar surface area (TPSA) is 83.1 Å². The van der Waals surface area contributed by atoms with E-state index in [9.17, 15) is 9.59 Å². The molecule has 3 aliphatic rings. The average molecular weight is 524 g/mol. The fraction of sp³-hybridized carbons (Fsp3) is 0.448. The number of carbonyl (C=O) groups excluding carboxylic acids is 2. The van der Waals surface area contributed by atoms with Crippen molar-refractivity contribution in [2.45, 2.75) is 63.4 Å². The number of rotatable bonds is 7. The van der Waals surface area contributed by atoms with Gasteiger partial charge < -0.3 is 24.3 Å². The second kappa shape index (κ2) is 10.6. The molecule has 0 spiro atoms. The Morgan fingerprint density at radius 3 is 2.35 bits per heavy atom. The van der Waals surface area contributed by atoms with Crippen molar-refractivity contribution < 1.29 is 28.5 Å². The molecule has 37 heavy (non-hydrogen) atoms. The fourth-order valence-electron chi connectivity index (χ4n) is 5.84. The summed E-state index contributed by atoms with van der Waals surface area (Å²) in [5, 5.41) is 5.47. The Bertz CT molecular complexity index is 1260. The summed E-state index contributed by atoms with van der Waals surface area (Å²) >= 11 is 1.67.